The number of morpholine rings is 1. The monoisotopic (exact) mass is 276 g/mol. The molecule has 1 atom stereocenters. The largest absolute Gasteiger partial charge is 0.378 e. The minimum absolute atomic E-state index is 0.0178. The van der Waals surface area contributed by atoms with Gasteiger partial charge in [-0.15, -0.1) is 0 Å². The SMILES string of the molecule is O=C(NCC1Cc2ccccc2CO1)N1CCOCC1. The van der Waals surface area contributed by atoms with Crippen molar-refractivity contribution in [3.63, 3.8) is 0 Å². The molecule has 1 saturated heterocycles. The lowest BCUT2D eigenvalue weighted by atomic mass is 9.99. The van der Waals surface area contributed by atoms with E-state index in [1.165, 1.54) is 11.1 Å². The van der Waals surface area contributed by atoms with Gasteiger partial charge < -0.3 is 19.7 Å². The van der Waals surface area contributed by atoms with Crippen molar-refractivity contribution < 1.29 is 14.3 Å². The second kappa shape index (κ2) is 6.24. The minimum Gasteiger partial charge on any atom is -0.378 e. The summed E-state index contributed by atoms with van der Waals surface area (Å²) in [6.07, 6.45) is 0.925. The van der Waals surface area contributed by atoms with Crippen LogP contribution in [0.4, 0.5) is 4.79 Å². The summed E-state index contributed by atoms with van der Waals surface area (Å²) < 4.78 is 11.0. The molecule has 0 spiro atoms. The quantitative estimate of drug-likeness (QED) is 0.882. The van der Waals surface area contributed by atoms with Crippen molar-refractivity contribution in [2.24, 2.45) is 0 Å². The zero-order valence-corrected chi connectivity index (χ0v) is 11.5. The number of amides is 2. The number of fused-ring (bicyclic) bond motifs is 1. The smallest absolute Gasteiger partial charge is 0.317 e. The Morgan fingerprint density at radius 3 is 2.80 bits per heavy atom. The minimum atomic E-state index is -0.0178. The van der Waals surface area contributed by atoms with Crippen LogP contribution in [0.25, 0.3) is 0 Å². The maximum atomic E-state index is 12.0. The van der Waals surface area contributed by atoms with Crippen LogP contribution in [-0.2, 0) is 22.5 Å². The van der Waals surface area contributed by atoms with Gasteiger partial charge in [0, 0.05) is 26.1 Å². The molecule has 0 aromatic heterocycles. The number of nitrogens with one attached hydrogen (secondary N) is 1. The number of hydrogen-bond acceptors (Lipinski definition) is 3. The Bertz CT molecular complexity index is 472. The van der Waals surface area contributed by atoms with Crippen LogP contribution in [0.3, 0.4) is 0 Å². The fraction of sp³-hybridized carbons (Fsp3) is 0.533. The maximum absolute atomic E-state index is 12.0. The fourth-order valence-corrected chi connectivity index (χ4v) is 2.62. The Kier molecular flexibility index (Phi) is 4.18. The van der Waals surface area contributed by atoms with Crippen molar-refractivity contribution in [1.82, 2.24) is 10.2 Å². The van der Waals surface area contributed by atoms with Gasteiger partial charge in [-0.2, -0.15) is 0 Å². The van der Waals surface area contributed by atoms with Gasteiger partial charge in [0.2, 0.25) is 0 Å². The van der Waals surface area contributed by atoms with Gasteiger partial charge in [0.15, 0.2) is 0 Å². The van der Waals surface area contributed by atoms with Gasteiger partial charge in [-0.25, -0.2) is 4.79 Å². The third kappa shape index (κ3) is 3.11. The van der Waals surface area contributed by atoms with Crippen LogP contribution < -0.4 is 5.32 Å². The Balaban J connectivity index is 1.49. The number of hydrogen-bond donors (Lipinski definition) is 1. The zero-order chi connectivity index (χ0) is 13.8. The van der Waals surface area contributed by atoms with Gasteiger partial charge in [-0.3, -0.25) is 0 Å². The molecule has 5 nitrogen and oxygen atoms in total. The molecule has 1 aromatic rings. The lowest BCUT2D eigenvalue weighted by Gasteiger charge is -2.29. The number of rotatable bonds is 2. The Morgan fingerprint density at radius 2 is 2.00 bits per heavy atom. The second-order valence-electron chi connectivity index (χ2n) is 5.19. The first kappa shape index (κ1) is 13.4. The zero-order valence-electron chi connectivity index (χ0n) is 11.5. The molecule has 0 saturated carbocycles. The lowest BCUT2D eigenvalue weighted by Crippen LogP contribution is -2.48. The number of benzene rings is 1. The van der Waals surface area contributed by atoms with Crippen LogP contribution in [-0.4, -0.2) is 49.9 Å². The van der Waals surface area contributed by atoms with Gasteiger partial charge in [0.1, 0.15) is 0 Å². The highest BCUT2D eigenvalue weighted by Crippen LogP contribution is 2.19. The van der Waals surface area contributed by atoms with E-state index in [9.17, 15) is 4.79 Å². The number of nitrogens with zero attached hydrogens (tertiary/aromatic N) is 1. The molecule has 108 valence electrons. The van der Waals surface area contributed by atoms with Crippen molar-refractivity contribution in [3.05, 3.63) is 35.4 Å². The summed E-state index contributed by atoms with van der Waals surface area (Å²) in [5.41, 5.74) is 2.58. The third-order valence-electron chi connectivity index (χ3n) is 3.82. The van der Waals surface area contributed by atoms with Gasteiger partial charge in [-0.1, -0.05) is 24.3 Å². The molecule has 2 aliphatic heterocycles. The van der Waals surface area contributed by atoms with E-state index in [1.807, 2.05) is 12.1 Å². The molecule has 0 bridgehead atoms. The number of urea groups is 1. The van der Waals surface area contributed by atoms with Crippen molar-refractivity contribution in [3.8, 4) is 0 Å². The summed E-state index contributed by atoms with van der Waals surface area (Å²) in [6.45, 7) is 3.78. The molecule has 0 aliphatic carbocycles. The summed E-state index contributed by atoms with van der Waals surface area (Å²) in [7, 11) is 0. The highest BCUT2D eigenvalue weighted by Gasteiger charge is 2.21. The number of carbonyl (C=O) groups excluding carboxylic acids is 1. The normalized spacial score (nSPS) is 22.2. The average molecular weight is 276 g/mol. The van der Waals surface area contributed by atoms with E-state index in [4.69, 9.17) is 9.47 Å². The molecule has 2 aliphatic rings. The lowest BCUT2D eigenvalue weighted by molar-refractivity contribution is 0.0265. The fourth-order valence-electron chi connectivity index (χ4n) is 2.62. The van der Waals surface area contributed by atoms with Crippen LogP contribution >= 0.6 is 0 Å². The first-order chi connectivity index (χ1) is 9.83. The molecule has 2 heterocycles. The summed E-state index contributed by atoms with van der Waals surface area (Å²) in [6, 6.07) is 8.29. The van der Waals surface area contributed by atoms with Gasteiger partial charge in [0.25, 0.3) is 0 Å². The Labute approximate surface area is 118 Å². The van der Waals surface area contributed by atoms with E-state index < -0.39 is 0 Å². The van der Waals surface area contributed by atoms with Crippen molar-refractivity contribution in [1.29, 1.82) is 0 Å². The molecule has 5 heteroatoms. The Morgan fingerprint density at radius 1 is 1.25 bits per heavy atom. The van der Waals surface area contributed by atoms with Crippen LogP contribution in [0.1, 0.15) is 11.1 Å². The molecule has 0 radical (unpaired) electrons. The van der Waals surface area contributed by atoms with Crippen LogP contribution in [0.2, 0.25) is 0 Å². The molecular formula is C15H20N2O3. The van der Waals surface area contributed by atoms with Crippen LogP contribution in [0.15, 0.2) is 24.3 Å². The van der Waals surface area contributed by atoms with E-state index in [1.54, 1.807) is 4.90 Å². The van der Waals surface area contributed by atoms with Crippen molar-refractivity contribution in [2.75, 3.05) is 32.8 Å². The molecular weight excluding hydrogens is 256 g/mol. The molecule has 20 heavy (non-hydrogen) atoms. The number of carbonyl (C=O) groups is 1. The Hall–Kier alpha value is -1.59. The predicted octanol–water partition coefficient (Wildman–Crippen LogP) is 1.17. The molecule has 1 N–H and O–H groups in total. The van der Waals surface area contributed by atoms with E-state index in [0.717, 1.165) is 6.42 Å². The first-order valence-corrected chi connectivity index (χ1v) is 7.12. The summed E-state index contributed by atoms with van der Waals surface area (Å²) in [4.78, 5) is 13.8. The molecule has 1 aromatic carbocycles. The predicted molar refractivity (Wildman–Crippen MR) is 74.5 cm³/mol. The van der Waals surface area contributed by atoms with Crippen molar-refractivity contribution >= 4 is 6.03 Å². The average Bonchev–Trinajstić information content (AvgIpc) is 2.53. The molecule has 1 unspecified atom stereocenters. The highest BCUT2D eigenvalue weighted by molar-refractivity contribution is 5.74. The van der Waals surface area contributed by atoms with E-state index in [-0.39, 0.29) is 12.1 Å². The highest BCUT2D eigenvalue weighted by atomic mass is 16.5. The maximum Gasteiger partial charge on any atom is 0.317 e. The van der Waals surface area contributed by atoms with E-state index >= 15 is 0 Å². The first-order valence-electron chi connectivity index (χ1n) is 7.12. The summed E-state index contributed by atoms with van der Waals surface area (Å²) in [5.74, 6) is 0. The standard InChI is InChI=1S/C15H20N2O3/c18-15(17-5-7-19-8-6-17)16-10-14-9-12-3-1-2-4-13(12)11-20-14/h1-4,14H,5-11H2,(H,16,18). The summed E-state index contributed by atoms with van der Waals surface area (Å²) in [5, 5.41) is 2.96. The van der Waals surface area contributed by atoms with E-state index in [0.29, 0.717) is 39.5 Å². The second-order valence-corrected chi connectivity index (χ2v) is 5.19. The molecule has 2 amide bonds. The third-order valence-corrected chi connectivity index (χ3v) is 3.82. The van der Waals surface area contributed by atoms with Gasteiger partial charge in [-0.05, 0) is 11.1 Å². The molecule has 3 rings (SSSR count). The van der Waals surface area contributed by atoms with Gasteiger partial charge >= 0.3 is 6.03 Å². The topological polar surface area (TPSA) is 50.8 Å². The molecule has 1 fully saturated rings. The van der Waals surface area contributed by atoms with Crippen LogP contribution in [0, 0.1) is 0 Å². The summed E-state index contributed by atoms with van der Waals surface area (Å²) >= 11 is 0. The number of ether oxygens (including phenoxy) is 2. The van der Waals surface area contributed by atoms with E-state index in [2.05, 4.69) is 17.4 Å². The van der Waals surface area contributed by atoms with Gasteiger partial charge in [0.05, 0.1) is 25.9 Å². The van der Waals surface area contributed by atoms with Crippen LogP contribution in [0.5, 0.6) is 0 Å². The van der Waals surface area contributed by atoms with Crippen molar-refractivity contribution in [2.45, 2.75) is 19.1 Å².